The molecule has 0 bridgehead atoms. The summed E-state index contributed by atoms with van der Waals surface area (Å²) >= 11 is 1.78. The van der Waals surface area contributed by atoms with Gasteiger partial charge in [-0.2, -0.15) is 0 Å². The molecule has 2 nitrogen and oxygen atoms in total. The standard InChI is InChI=1S/C19H20N2S/c1-14-12-18(21-9-3-2-4-10-21)16-8-7-15(13-17(16)20-14)19-6-5-11-22-19/h5-8,11-13H,2-4,9-10H2,1H3. The normalized spacial score (nSPS) is 15.4. The molecule has 0 radical (unpaired) electrons. The van der Waals surface area contributed by atoms with Crippen LogP contribution in [0.15, 0.2) is 41.8 Å². The smallest absolute Gasteiger partial charge is 0.0732 e. The van der Waals surface area contributed by atoms with E-state index in [0.717, 1.165) is 11.2 Å². The Labute approximate surface area is 135 Å². The summed E-state index contributed by atoms with van der Waals surface area (Å²) < 4.78 is 0. The predicted molar refractivity (Wildman–Crippen MR) is 95.9 cm³/mol. The van der Waals surface area contributed by atoms with Gasteiger partial charge in [0.1, 0.15) is 0 Å². The summed E-state index contributed by atoms with van der Waals surface area (Å²) in [5.74, 6) is 0. The number of rotatable bonds is 2. The molecule has 3 heteroatoms. The third kappa shape index (κ3) is 2.50. The van der Waals surface area contributed by atoms with Gasteiger partial charge in [0.25, 0.3) is 0 Å². The third-order valence-corrected chi connectivity index (χ3v) is 5.34. The number of piperidine rings is 1. The van der Waals surface area contributed by atoms with Crippen molar-refractivity contribution in [3.8, 4) is 10.4 Å². The van der Waals surface area contributed by atoms with E-state index in [0.29, 0.717) is 0 Å². The van der Waals surface area contributed by atoms with Crippen LogP contribution in [0.1, 0.15) is 25.0 Å². The highest BCUT2D eigenvalue weighted by Gasteiger charge is 2.15. The molecule has 1 aromatic carbocycles. The van der Waals surface area contributed by atoms with Crippen LogP contribution in [0.2, 0.25) is 0 Å². The first-order valence-electron chi connectivity index (χ1n) is 8.01. The van der Waals surface area contributed by atoms with Gasteiger partial charge in [-0.1, -0.05) is 18.2 Å². The molecule has 1 aliphatic rings. The second-order valence-electron chi connectivity index (χ2n) is 6.04. The highest BCUT2D eigenvalue weighted by molar-refractivity contribution is 7.13. The molecule has 3 heterocycles. The molecule has 0 N–H and O–H groups in total. The highest BCUT2D eigenvalue weighted by atomic mass is 32.1. The van der Waals surface area contributed by atoms with Crippen LogP contribution in [0.4, 0.5) is 5.69 Å². The minimum atomic E-state index is 1.11. The maximum Gasteiger partial charge on any atom is 0.0732 e. The van der Waals surface area contributed by atoms with Gasteiger partial charge in [-0.15, -0.1) is 11.3 Å². The molecule has 0 amide bonds. The monoisotopic (exact) mass is 308 g/mol. The first-order valence-corrected chi connectivity index (χ1v) is 8.89. The second kappa shape index (κ2) is 5.73. The van der Waals surface area contributed by atoms with Crippen molar-refractivity contribution in [1.29, 1.82) is 0 Å². The Kier molecular flexibility index (Phi) is 3.59. The number of aryl methyl sites for hydroxylation is 1. The predicted octanol–water partition coefficient (Wildman–Crippen LogP) is 5.26. The minimum Gasteiger partial charge on any atom is -0.371 e. The van der Waals surface area contributed by atoms with Crippen LogP contribution in [0.25, 0.3) is 21.3 Å². The van der Waals surface area contributed by atoms with Crippen LogP contribution >= 0.6 is 11.3 Å². The summed E-state index contributed by atoms with van der Waals surface area (Å²) in [5, 5.41) is 3.41. The molecule has 1 fully saturated rings. The summed E-state index contributed by atoms with van der Waals surface area (Å²) in [6.07, 6.45) is 3.97. The van der Waals surface area contributed by atoms with E-state index >= 15 is 0 Å². The van der Waals surface area contributed by atoms with Crippen LogP contribution in [0, 0.1) is 6.92 Å². The molecule has 22 heavy (non-hydrogen) atoms. The van der Waals surface area contributed by atoms with E-state index in [1.807, 2.05) is 0 Å². The first-order chi connectivity index (χ1) is 10.8. The van der Waals surface area contributed by atoms with E-state index in [1.165, 1.54) is 53.9 Å². The fourth-order valence-electron chi connectivity index (χ4n) is 3.33. The van der Waals surface area contributed by atoms with Gasteiger partial charge < -0.3 is 4.90 Å². The maximum atomic E-state index is 4.78. The Morgan fingerprint density at radius 1 is 1.05 bits per heavy atom. The van der Waals surface area contributed by atoms with Crippen LogP contribution in [-0.2, 0) is 0 Å². The summed E-state index contributed by atoms with van der Waals surface area (Å²) in [6, 6.07) is 13.2. The second-order valence-corrected chi connectivity index (χ2v) is 6.99. The molecule has 2 aromatic heterocycles. The van der Waals surface area contributed by atoms with E-state index in [2.05, 4.69) is 53.6 Å². The van der Waals surface area contributed by atoms with Gasteiger partial charge in [0.2, 0.25) is 0 Å². The van der Waals surface area contributed by atoms with Gasteiger partial charge in [-0.3, -0.25) is 4.98 Å². The van der Waals surface area contributed by atoms with Crippen LogP contribution in [-0.4, -0.2) is 18.1 Å². The lowest BCUT2D eigenvalue weighted by Gasteiger charge is -2.30. The van der Waals surface area contributed by atoms with E-state index in [1.54, 1.807) is 11.3 Å². The molecular weight excluding hydrogens is 288 g/mol. The molecule has 0 spiro atoms. The van der Waals surface area contributed by atoms with Crippen molar-refractivity contribution in [3.05, 3.63) is 47.5 Å². The zero-order valence-corrected chi connectivity index (χ0v) is 13.7. The summed E-state index contributed by atoms with van der Waals surface area (Å²) in [4.78, 5) is 8.62. The topological polar surface area (TPSA) is 16.1 Å². The lowest BCUT2D eigenvalue weighted by molar-refractivity contribution is 0.579. The first kappa shape index (κ1) is 13.8. The van der Waals surface area contributed by atoms with Crippen molar-refractivity contribution in [2.45, 2.75) is 26.2 Å². The Hall–Kier alpha value is -1.87. The fourth-order valence-corrected chi connectivity index (χ4v) is 4.06. The molecule has 0 atom stereocenters. The lowest BCUT2D eigenvalue weighted by atomic mass is 10.0. The maximum absolute atomic E-state index is 4.78. The largest absolute Gasteiger partial charge is 0.371 e. The number of nitrogens with zero attached hydrogens (tertiary/aromatic N) is 2. The lowest BCUT2D eigenvalue weighted by Crippen LogP contribution is -2.29. The van der Waals surface area contributed by atoms with Crippen LogP contribution in [0.5, 0.6) is 0 Å². The number of anilines is 1. The van der Waals surface area contributed by atoms with Gasteiger partial charge in [-0.05, 0) is 55.3 Å². The van der Waals surface area contributed by atoms with Crippen LogP contribution < -0.4 is 4.90 Å². The molecule has 0 aliphatic carbocycles. The Balaban J connectivity index is 1.84. The van der Waals surface area contributed by atoms with Gasteiger partial charge in [0.15, 0.2) is 0 Å². The Morgan fingerprint density at radius 3 is 2.68 bits per heavy atom. The van der Waals surface area contributed by atoms with E-state index in [4.69, 9.17) is 4.98 Å². The van der Waals surface area contributed by atoms with E-state index < -0.39 is 0 Å². The number of hydrogen-bond donors (Lipinski definition) is 0. The number of fused-ring (bicyclic) bond motifs is 1. The third-order valence-electron chi connectivity index (χ3n) is 4.42. The number of benzene rings is 1. The highest BCUT2D eigenvalue weighted by Crippen LogP contribution is 2.33. The SMILES string of the molecule is Cc1cc(N2CCCCC2)c2ccc(-c3cccs3)cc2n1. The molecule has 4 rings (SSSR count). The Morgan fingerprint density at radius 2 is 1.91 bits per heavy atom. The number of pyridine rings is 1. The molecule has 1 aliphatic heterocycles. The zero-order chi connectivity index (χ0) is 14.9. The quantitative estimate of drug-likeness (QED) is 0.642. The van der Waals surface area contributed by atoms with Crippen molar-refractivity contribution >= 4 is 27.9 Å². The van der Waals surface area contributed by atoms with Gasteiger partial charge in [0, 0.05) is 34.7 Å². The van der Waals surface area contributed by atoms with Crippen molar-refractivity contribution in [3.63, 3.8) is 0 Å². The summed E-state index contributed by atoms with van der Waals surface area (Å²) in [7, 11) is 0. The van der Waals surface area contributed by atoms with Gasteiger partial charge in [-0.25, -0.2) is 0 Å². The Bertz CT molecular complexity index is 787. The number of hydrogen-bond acceptors (Lipinski definition) is 3. The fraction of sp³-hybridized carbons (Fsp3) is 0.316. The molecule has 0 saturated carbocycles. The van der Waals surface area contributed by atoms with Crippen molar-refractivity contribution < 1.29 is 0 Å². The van der Waals surface area contributed by atoms with Crippen molar-refractivity contribution in [1.82, 2.24) is 4.98 Å². The molecular formula is C19H20N2S. The molecule has 1 saturated heterocycles. The van der Waals surface area contributed by atoms with E-state index in [-0.39, 0.29) is 0 Å². The van der Waals surface area contributed by atoms with Gasteiger partial charge >= 0.3 is 0 Å². The minimum absolute atomic E-state index is 1.11. The van der Waals surface area contributed by atoms with Gasteiger partial charge in [0.05, 0.1) is 5.52 Å². The van der Waals surface area contributed by atoms with E-state index in [9.17, 15) is 0 Å². The van der Waals surface area contributed by atoms with Crippen molar-refractivity contribution in [2.75, 3.05) is 18.0 Å². The average Bonchev–Trinajstić information content (AvgIpc) is 3.09. The molecule has 112 valence electrons. The number of aromatic nitrogens is 1. The molecule has 3 aromatic rings. The zero-order valence-electron chi connectivity index (χ0n) is 12.9. The van der Waals surface area contributed by atoms with Crippen LogP contribution in [0.3, 0.4) is 0 Å². The molecule has 0 unspecified atom stereocenters. The summed E-state index contributed by atoms with van der Waals surface area (Å²) in [5.41, 5.74) is 4.85. The average molecular weight is 308 g/mol. The van der Waals surface area contributed by atoms with Crippen molar-refractivity contribution in [2.24, 2.45) is 0 Å². The number of thiophene rings is 1. The summed E-state index contributed by atoms with van der Waals surface area (Å²) in [6.45, 7) is 4.45.